The van der Waals surface area contributed by atoms with E-state index in [4.69, 9.17) is 4.18 Å². The van der Waals surface area contributed by atoms with Crippen molar-refractivity contribution >= 4 is 31.0 Å². The Bertz CT molecular complexity index is 1230. The number of fused-ring (bicyclic) bond motifs is 1. The van der Waals surface area contributed by atoms with Crippen LogP contribution in [0.2, 0.25) is 0 Å². The molecule has 0 saturated carbocycles. The third-order valence-electron chi connectivity index (χ3n) is 4.60. The van der Waals surface area contributed by atoms with Gasteiger partial charge in [0.15, 0.2) is 0 Å². The number of para-hydroxylation sites is 1. The molecule has 0 radical (unpaired) electrons. The van der Waals surface area contributed by atoms with Crippen molar-refractivity contribution in [3.63, 3.8) is 0 Å². The Hall–Kier alpha value is -2.49. The summed E-state index contributed by atoms with van der Waals surface area (Å²) in [6.07, 6.45) is 1.57. The fourth-order valence-electron chi connectivity index (χ4n) is 2.99. The van der Waals surface area contributed by atoms with Crippen molar-refractivity contribution in [3.05, 3.63) is 66.4 Å². The normalized spacial score (nSPS) is 12.6. The zero-order chi connectivity index (χ0) is 21.9. The van der Waals surface area contributed by atoms with Crippen molar-refractivity contribution in [2.24, 2.45) is 0 Å². The fourth-order valence-corrected chi connectivity index (χ4v) is 5.31. The van der Waals surface area contributed by atoms with Crippen LogP contribution < -0.4 is 4.18 Å². The summed E-state index contributed by atoms with van der Waals surface area (Å²) in [5, 5.41) is 0.751. The van der Waals surface area contributed by atoms with Crippen LogP contribution >= 0.6 is 0 Å². The number of sulfonamides is 1. The SMILES string of the molecule is CCS(=O)(=O)Oc1ccc(CN(C(C)C)S(=O)(=O)c2cccc3cccnc23)cc1. The first-order valence-corrected chi connectivity index (χ1v) is 12.5. The molecule has 0 atom stereocenters. The molecule has 7 nitrogen and oxygen atoms in total. The van der Waals surface area contributed by atoms with Gasteiger partial charge in [-0.2, -0.15) is 12.7 Å². The fraction of sp³-hybridized carbons (Fsp3) is 0.286. The molecule has 9 heteroatoms. The molecule has 0 unspecified atom stereocenters. The molecular weight excluding hydrogens is 424 g/mol. The van der Waals surface area contributed by atoms with Crippen molar-refractivity contribution in [3.8, 4) is 5.75 Å². The average Bonchev–Trinajstić information content (AvgIpc) is 2.72. The Balaban J connectivity index is 1.92. The second-order valence-corrected chi connectivity index (χ2v) is 10.8. The van der Waals surface area contributed by atoms with Gasteiger partial charge in [0.25, 0.3) is 0 Å². The Morgan fingerprint density at radius 1 is 0.967 bits per heavy atom. The second kappa shape index (κ2) is 8.71. The summed E-state index contributed by atoms with van der Waals surface area (Å²) >= 11 is 0. The van der Waals surface area contributed by atoms with Crippen molar-refractivity contribution in [1.29, 1.82) is 0 Å². The molecule has 30 heavy (non-hydrogen) atoms. The van der Waals surface area contributed by atoms with E-state index in [0.29, 0.717) is 11.1 Å². The molecule has 0 fully saturated rings. The monoisotopic (exact) mass is 448 g/mol. The maximum Gasteiger partial charge on any atom is 0.308 e. The van der Waals surface area contributed by atoms with Gasteiger partial charge >= 0.3 is 10.1 Å². The van der Waals surface area contributed by atoms with E-state index in [2.05, 4.69) is 4.98 Å². The zero-order valence-electron chi connectivity index (χ0n) is 17.0. The van der Waals surface area contributed by atoms with E-state index in [1.54, 1.807) is 50.4 Å². The minimum atomic E-state index is -3.82. The highest BCUT2D eigenvalue weighted by molar-refractivity contribution is 7.89. The number of rotatable bonds is 8. The van der Waals surface area contributed by atoms with Gasteiger partial charge in [0.2, 0.25) is 10.0 Å². The van der Waals surface area contributed by atoms with Crippen LogP contribution in [0.1, 0.15) is 26.3 Å². The minimum absolute atomic E-state index is 0.129. The van der Waals surface area contributed by atoms with Crippen molar-refractivity contribution in [2.45, 2.75) is 38.3 Å². The van der Waals surface area contributed by atoms with E-state index in [-0.39, 0.29) is 29.0 Å². The molecule has 1 heterocycles. The van der Waals surface area contributed by atoms with E-state index in [9.17, 15) is 16.8 Å². The second-order valence-electron chi connectivity index (χ2n) is 7.05. The Labute approximate surface area is 177 Å². The van der Waals surface area contributed by atoms with Crippen LogP contribution in [0.15, 0.2) is 65.7 Å². The summed E-state index contributed by atoms with van der Waals surface area (Å²) in [5.74, 6) is 0.0607. The number of benzene rings is 2. The lowest BCUT2D eigenvalue weighted by molar-refractivity contribution is 0.348. The van der Waals surface area contributed by atoms with Crippen LogP contribution in [0, 0.1) is 0 Å². The minimum Gasteiger partial charge on any atom is -0.382 e. The topological polar surface area (TPSA) is 93.6 Å². The standard InChI is InChI=1S/C21H24N2O5S2/c1-4-29(24,25)28-19-12-10-17(11-13-19)15-23(16(2)3)30(26,27)20-9-5-7-18-8-6-14-22-21(18)20/h5-14,16H,4,15H2,1-3H3. The molecule has 1 aromatic heterocycles. The van der Waals surface area contributed by atoms with Crippen molar-refractivity contribution < 1.29 is 21.0 Å². The van der Waals surface area contributed by atoms with Gasteiger partial charge in [0, 0.05) is 24.2 Å². The molecular formula is C21H24N2O5S2. The summed E-state index contributed by atoms with van der Waals surface area (Å²) in [7, 11) is -7.44. The molecule has 0 spiro atoms. The smallest absolute Gasteiger partial charge is 0.308 e. The average molecular weight is 449 g/mol. The van der Waals surface area contributed by atoms with Gasteiger partial charge in [0.05, 0.1) is 11.3 Å². The van der Waals surface area contributed by atoms with Gasteiger partial charge in [-0.3, -0.25) is 4.98 Å². The van der Waals surface area contributed by atoms with Gasteiger partial charge in [-0.15, -0.1) is 0 Å². The zero-order valence-corrected chi connectivity index (χ0v) is 18.7. The molecule has 3 aromatic rings. The maximum atomic E-state index is 13.5. The quantitative estimate of drug-likeness (QED) is 0.489. The van der Waals surface area contributed by atoms with Crippen LogP contribution in [0.25, 0.3) is 10.9 Å². The molecule has 0 aliphatic heterocycles. The largest absolute Gasteiger partial charge is 0.382 e. The third kappa shape index (κ3) is 4.80. The number of hydrogen-bond donors (Lipinski definition) is 0. The van der Waals surface area contributed by atoms with E-state index >= 15 is 0 Å². The summed E-state index contributed by atoms with van der Waals surface area (Å²) in [5.41, 5.74) is 1.14. The molecule has 160 valence electrons. The van der Waals surface area contributed by atoms with E-state index in [1.807, 2.05) is 12.1 Å². The van der Waals surface area contributed by atoms with Crippen LogP contribution in [0.5, 0.6) is 5.75 Å². The van der Waals surface area contributed by atoms with E-state index in [1.165, 1.54) is 23.4 Å². The molecule has 2 aromatic carbocycles. The van der Waals surface area contributed by atoms with Gasteiger partial charge in [0.1, 0.15) is 10.6 Å². The predicted octanol–water partition coefficient (Wildman–Crippen LogP) is 3.56. The number of pyridine rings is 1. The predicted molar refractivity (Wildman–Crippen MR) is 116 cm³/mol. The Kier molecular flexibility index (Phi) is 6.44. The lowest BCUT2D eigenvalue weighted by Crippen LogP contribution is -2.36. The maximum absolute atomic E-state index is 13.5. The summed E-state index contributed by atoms with van der Waals surface area (Å²) in [6.45, 7) is 5.24. The van der Waals surface area contributed by atoms with E-state index in [0.717, 1.165) is 5.39 Å². The summed E-state index contributed by atoms with van der Waals surface area (Å²) in [4.78, 5) is 4.43. The van der Waals surface area contributed by atoms with Crippen molar-refractivity contribution in [2.75, 3.05) is 5.75 Å². The Morgan fingerprint density at radius 2 is 1.63 bits per heavy atom. The van der Waals surface area contributed by atoms with Gasteiger partial charge in [-0.1, -0.05) is 30.3 Å². The van der Waals surface area contributed by atoms with Crippen molar-refractivity contribution in [1.82, 2.24) is 9.29 Å². The molecule has 0 amide bonds. The van der Waals surface area contributed by atoms with Gasteiger partial charge in [-0.05, 0) is 50.6 Å². The van der Waals surface area contributed by atoms with Crippen LogP contribution in [-0.4, -0.2) is 37.9 Å². The van der Waals surface area contributed by atoms with Gasteiger partial charge < -0.3 is 4.18 Å². The first kappa shape index (κ1) is 22.2. The molecule has 0 N–H and O–H groups in total. The third-order valence-corrected chi connectivity index (χ3v) is 7.80. The molecule has 0 aliphatic rings. The number of hydrogen-bond acceptors (Lipinski definition) is 6. The van der Waals surface area contributed by atoms with Crippen LogP contribution in [0.3, 0.4) is 0 Å². The first-order valence-electron chi connectivity index (χ1n) is 9.51. The highest BCUT2D eigenvalue weighted by Gasteiger charge is 2.29. The lowest BCUT2D eigenvalue weighted by Gasteiger charge is -2.26. The number of aromatic nitrogens is 1. The molecule has 0 saturated heterocycles. The van der Waals surface area contributed by atoms with Gasteiger partial charge in [-0.25, -0.2) is 8.42 Å². The lowest BCUT2D eigenvalue weighted by atomic mass is 10.2. The summed E-state index contributed by atoms with van der Waals surface area (Å²) < 4.78 is 56.5. The highest BCUT2D eigenvalue weighted by Crippen LogP contribution is 2.27. The number of nitrogens with zero attached hydrogens (tertiary/aromatic N) is 2. The van der Waals surface area contributed by atoms with Crippen LogP contribution in [0.4, 0.5) is 0 Å². The molecule has 0 aliphatic carbocycles. The van der Waals surface area contributed by atoms with E-state index < -0.39 is 20.1 Å². The van der Waals surface area contributed by atoms with Crippen LogP contribution in [-0.2, 0) is 26.7 Å². The Morgan fingerprint density at radius 3 is 2.27 bits per heavy atom. The molecule has 0 bridgehead atoms. The highest BCUT2D eigenvalue weighted by atomic mass is 32.2. The molecule has 3 rings (SSSR count). The summed E-state index contributed by atoms with van der Waals surface area (Å²) in [6, 6.07) is 14.7. The first-order chi connectivity index (χ1) is 14.1.